The summed E-state index contributed by atoms with van der Waals surface area (Å²) in [5, 5.41) is 11.5. The second-order valence-electron chi connectivity index (χ2n) is 3.52. The molecule has 2 rings (SSSR count). The number of carboxylic acids is 1. The Bertz CT molecular complexity index is 459. The van der Waals surface area contributed by atoms with E-state index in [2.05, 4.69) is 5.32 Å². The molecule has 0 saturated heterocycles. The van der Waals surface area contributed by atoms with E-state index < -0.39 is 5.97 Å². The second kappa shape index (κ2) is 4.17. The zero-order chi connectivity index (χ0) is 11.7. The van der Waals surface area contributed by atoms with Crippen LogP contribution in [0.15, 0.2) is 23.1 Å². The van der Waals surface area contributed by atoms with Crippen LogP contribution in [0.4, 0.5) is 5.69 Å². The molecular weight excluding hydrogens is 226 g/mol. The molecule has 0 fully saturated rings. The van der Waals surface area contributed by atoms with Gasteiger partial charge in [-0.3, -0.25) is 4.79 Å². The smallest absolute Gasteiger partial charge is 0.335 e. The minimum Gasteiger partial charge on any atom is -0.478 e. The first-order valence-corrected chi connectivity index (χ1v) is 5.84. The first-order chi connectivity index (χ1) is 7.61. The standard InChI is InChI=1S/C11H11NO3S/c1-2-8-10(13)12-7-5-6(11(14)15)3-4-9(7)16-8/h3-5,8H,2H2,1H3,(H,12,13)(H,14,15). The lowest BCUT2D eigenvalue weighted by Gasteiger charge is -2.23. The molecule has 0 aliphatic carbocycles. The summed E-state index contributed by atoms with van der Waals surface area (Å²) in [5.74, 6) is -1.04. The third-order valence-corrected chi connectivity index (χ3v) is 3.86. The van der Waals surface area contributed by atoms with Crippen molar-refractivity contribution in [2.45, 2.75) is 23.5 Å². The highest BCUT2D eigenvalue weighted by Crippen LogP contribution is 2.37. The van der Waals surface area contributed by atoms with E-state index in [9.17, 15) is 9.59 Å². The summed E-state index contributed by atoms with van der Waals surface area (Å²) >= 11 is 1.48. The van der Waals surface area contributed by atoms with Crippen molar-refractivity contribution in [2.24, 2.45) is 0 Å². The van der Waals surface area contributed by atoms with Gasteiger partial charge in [0.15, 0.2) is 0 Å². The minimum atomic E-state index is -0.986. The van der Waals surface area contributed by atoms with E-state index >= 15 is 0 Å². The number of hydrogen-bond donors (Lipinski definition) is 2. The van der Waals surface area contributed by atoms with Crippen LogP contribution in [-0.4, -0.2) is 22.2 Å². The lowest BCUT2D eigenvalue weighted by molar-refractivity contribution is -0.115. The number of nitrogens with one attached hydrogen (secondary N) is 1. The van der Waals surface area contributed by atoms with Crippen LogP contribution in [0, 0.1) is 0 Å². The molecule has 4 nitrogen and oxygen atoms in total. The Kier molecular flexibility index (Phi) is 2.87. The molecule has 0 radical (unpaired) electrons. The molecule has 1 aliphatic heterocycles. The molecule has 1 atom stereocenters. The Morgan fingerprint density at radius 1 is 1.56 bits per heavy atom. The zero-order valence-corrected chi connectivity index (χ0v) is 9.50. The van der Waals surface area contributed by atoms with Gasteiger partial charge < -0.3 is 10.4 Å². The Balaban J connectivity index is 2.36. The number of carboxylic acid groups (broad SMARTS) is 1. The number of rotatable bonds is 2. The Labute approximate surface area is 97.0 Å². The molecule has 0 spiro atoms. The maximum Gasteiger partial charge on any atom is 0.335 e. The van der Waals surface area contributed by atoms with Crippen molar-refractivity contribution < 1.29 is 14.7 Å². The summed E-state index contributed by atoms with van der Waals surface area (Å²) in [4.78, 5) is 23.3. The highest BCUT2D eigenvalue weighted by Gasteiger charge is 2.25. The summed E-state index contributed by atoms with van der Waals surface area (Å²) in [5.41, 5.74) is 0.786. The molecule has 2 N–H and O–H groups in total. The number of hydrogen-bond acceptors (Lipinski definition) is 3. The fourth-order valence-electron chi connectivity index (χ4n) is 1.55. The van der Waals surface area contributed by atoms with E-state index in [0.29, 0.717) is 5.69 Å². The summed E-state index contributed by atoms with van der Waals surface area (Å²) in [6.45, 7) is 1.95. The van der Waals surface area contributed by atoms with Gasteiger partial charge in [-0.05, 0) is 24.6 Å². The lowest BCUT2D eigenvalue weighted by Crippen LogP contribution is -2.28. The first kappa shape index (κ1) is 11.0. The van der Waals surface area contributed by atoms with Crippen molar-refractivity contribution in [1.82, 2.24) is 0 Å². The fourth-order valence-corrected chi connectivity index (χ4v) is 2.57. The van der Waals surface area contributed by atoms with E-state index in [1.165, 1.54) is 17.8 Å². The van der Waals surface area contributed by atoms with Gasteiger partial charge in [-0.1, -0.05) is 6.92 Å². The summed E-state index contributed by atoms with van der Waals surface area (Å²) in [7, 11) is 0. The average molecular weight is 237 g/mol. The van der Waals surface area contributed by atoms with E-state index in [0.717, 1.165) is 11.3 Å². The maximum atomic E-state index is 11.6. The van der Waals surface area contributed by atoms with Crippen LogP contribution in [0.5, 0.6) is 0 Å². The van der Waals surface area contributed by atoms with Crippen LogP contribution in [0.2, 0.25) is 0 Å². The number of carbonyl (C=O) groups is 2. The molecule has 84 valence electrons. The van der Waals surface area contributed by atoms with Crippen molar-refractivity contribution in [3.05, 3.63) is 23.8 Å². The molecule has 1 aliphatic rings. The van der Waals surface area contributed by atoms with Gasteiger partial charge >= 0.3 is 5.97 Å². The maximum absolute atomic E-state index is 11.6. The summed E-state index contributed by atoms with van der Waals surface area (Å²) in [6, 6.07) is 4.79. The largest absolute Gasteiger partial charge is 0.478 e. The van der Waals surface area contributed by atoms with Gasteiger partial charge in [0, 0.05) is 4.90 Å². The van der Waals surface area contributed by atoms with Gasteiger partial charge in [-0.15, -0.1) is 11.8 Å². The third-order valence-electron chi connectivity index (χ3n) is 2.42. The van der Waals surface area contributed by atoms with Crippen molar-refractivity contribution >= 4 is 29.3 Å². The zero-order valence-electron chi connectivity index (χ0n) is 8.69. The van der Waals surface area contributed by atoms with Crippen LogP contribution in [0.1, 0.15) is 23.7 Å². The number of fused-ring (bicyclic) bond motifs is 1. The van der Waals surface area contributed by atoms with E-state index in [1.54, 1.807) is 12.1 Å². The van der Waals surface area contributed by atoms with Crippen LogP contribution in [0.3, 0.4) is 0 Å². The van der Waals surface area contributed by atoms with E-state index in [4.69, 9.17) is 5.11 Å². The van der Waals surface area contributed by atoms with E-state index in [1.807, 2.05) is 6.92 Å². The van der Waals surface area contributed by atoms with Gasteiger partial charge in [-0.2, -0.15) is 0 Å². The molecule has 0 aromatic heterocycles. The molecule has 5 heteroatoms. The molecule has 1 unspecified atom stereocenters. The van der Waals surface area contributed by atoms with Crippen molar-refractivity contribution in [3.63, 3.8) is 0 Å². The third kappa shape index (κ3) is 1.90. The topological polar surface area (TPSA) is 66.4 Å². The molecule has 0 saturated carbocycles. The van der Waals surface area contributed by atoms with Crippen LogP contribution < -0.4 is 5.32 Å². The molecule has 1 amide bonds. The van der Waals surface area contributed by atoms with Crippen molar-refractivity contribution in [3.8, 4) is 0 Å². The Morgan fingerprint density at radius 2 is 2.31 bits per heavy atom. The fraction of sp³-hybridized carbons (Fsp3) is 0.273. The Morgan fingerprint density at radius 3 is 2.94 bits per heavy atom. The number of amides is 1. The van der Waals surface area contributed by atoms with E-state index in [-0.39, 0.29) is 16.7 Å². The molecule has 1 aromatic rings. The van der Waals surface area contributed by atoms with Crippen molar-refractivity contribution in [1.29, 1.82) is 0 Å². The average Bonchev–Trinajstić information content (AvgIpc) is 2.27. The van der Waals surface area contributed by atoms with Crippen LogP contribution in [0.25, 0.3) is 0 Å². The number of thioether (sulfide) groups is 1. The molecule has 1 heterocycles. The highest BCUT2D eigenvalue weighted by atomic mass is 32.2. The van der Waals surface area contributed by atoms with Crippen LogP contribution >= 0.6 is 11.8 Å². The minimum absolute atomic E-state index is 0.0532. The monoisotopic (exact) mass is 237 g/mol. The number of benzene rings is 1. The summed E-state index contributed by atoms with van der Waals surface area (Å²) < 4.78 is 0. The van der Waals surface area contributed by atoms with Gasteiger partial charge in [0.05, 0.1) is 16.5 Å². The normalized spacial score (nSPS) is 18.8. The SMILES string of the molecule is CCC1Sc2ccc(C(=O)O)cc2NC1=O. The predicted molar refractivity (Wildman–Crippen MR) is 62.0 cm³/mol. The number of carbonyl (C=O) groups excluding carboxylic acids is 1. The van der Waals surface area contributed by atoms with Crippen LogP contribution in [-0.2, 0) is 4.79 Å². The quantitative estimate of drug-likeness (QED) is 0.827. The molecule has 1 aromatic carbocycles. The lowest BCUT2D eigenvalue weighted by atomic mass is 10.2. The number of aromatic carboxylic acids is 1. The molecular formula is C11H11NO3S. The van der Waals surface area contributed by atoms with Crippen molar-refractivity contribution in [2.75, 3.05) is 5.32 Å². The number of anilines is 1. The van der Waals surface area contributed by atoms with Gasteiger partial charge in [-0.25, -0.2) is 4.79 Å². The molecule has 0 bridgehead atoms. The second-order valence-corrected chi connectivity index (χ2v) is 4.76. The highest BCUT2D eigenvalue weighted by molar-refractivity contribution is 8.01. The predicted octanol–water partition coefficient (Wildman–Crippen LogP) is 2.21. The molecule has 16 heavy (non-hydrogen) atoms. The van der Waals surface area contributed by atoms with Gasteiger partial charge in [0.2, 0.25) is 5.91 Å². The Hall–Kier alpha value is -1.49. The van der Waals surface area contributed by atoms with Gasteiger partial charge in [0.1, 0.15) is 0 Å². The summed E-state index contributed by atoms with van der Waals surface area (Å²) in [6.07, 6.45) is 0.761. The first-order valence-electron chi connectivity index (χ1n) is 4.96. The van der Waals surface area contributed by atoms with Gasteiger partial charge in [0.25, 0.3) is 0 Å².